The Kier molecular flexibility index (Phi) is 4.97. The van der Waals surface area contributed by atoms with Gasteiger partial charge in [0, 0.05) is 28.5 Å². The summed E-state index contributed by atoms with van der Waals surface area (Å²) < 4.78 is 44.7. The molecule has 180 valence electrons. The quantitative estimate of drug-likeness (QED) is 0.387. The number of carbonyl (C=O) groups is 1. The van der Waals surface area contributed by atoms with Crippen molar-refractivity contribution in [2.45, 2.75) is 6.04 Å². The standard InChI is InChI=1S/C25H18FN5O4S/c26-17-6-4-14(5-7-17)22-20(10-31(30-22)18-11-36(33,34)12-18)23-19-9-21(35-25(19)29-13-28-23)15-2-1-3-16(8-15)24(27)32/h1-10,13,18H,11-12H2,(H2,27,32). The second-order valence-electron chi connectivity index (χ2n) is 8.61. The second kappa shape index (κ2) is 8.09. The summed E-state index contributed by atoms with van der Waals surface area (Å²) in [6.45, 7) is 0. The first-order valence-electron chi connectivity index (χ1n) is 11.0. The zero-order valence-electron chi connectivity index (χ0n) is 18.6. The summed E-state index contributed by atoms with van der Waals surface area (Å²) in [5, 5.41) is 5.26. The predicted molar refractivity (Wildman–Crippen MR) is 130 cm³/mol. The number of halogens is 1. The van der Waals surface area contributed by atoms with Crippen LogP contribution in [0.2, 0.25) is 0 Å². The fourth-order valence-electron chi connectivity index (χ4n) is 4.30. The van der Waals surface area contributed by atoms with Crippen LogP contribution in [0.15, 0.2) is 71.5 Å². The third-order valence-corrected chi connectivity index (χ3v) is 7.92. The number of nitrogens with zero attached hydrogens (tertiary/aromatic N) is 4. The maximum absolute atomic E-state index is 13.6. The average Bonchev–Trinajstić information content (AvgIpc) is 3.48. The van der Waals surface area contributed by atoms with Crippen LogP contribution in [0.1, 0.15) is 16.4 Å². The van der Waals surface area contributed by atoms with Crippen molar-refractivity contribution < 1.29 is 22.0 Å². The molecule has 3 aromatic heterocycles. The predicted octanol–water partition coefficient (Wildman–Crippen LogP) is 3.63. The van der Waals surface area contributed by atoms with Crippen LogP contribution in [0.3, 0.4) is 0 Å². The number of rotatable bonds is 5. The topological polar surface area (TPSA) is 134 Å². The van der Waals surface area contributed by atoms with Crippen molar-refractivity contribution in [1.29, 1.82) is 0 Å². The van der Waals surface area contributed by atoms with Gasteiger partial charge in [0.25, 0.3) is 0 Å². The van der Waals surface area contributed by atoms with Crippen LogP contribution in [0.25, 0.3) is 44.9 Å². The van der Waals surface area contributed by atoms with Crippen molar-refractivity contribution in [1.82, 2.24) is 19.7 Å². The monoisotopic (exact) mass is 503 g/mol. The van der Waals surface area contributed by atoms with Gasteiger partial charge in [0.05, 0.1) is 28.6 Å². The van der Waals surface area contributed by atoms with Gasteiger partial charge < -0.3 is 10.2 Å². The zero-order valence-corrected chi connectivity index (χ0v) is 19.4. The molecule has 6 rings (SSSR count). The Morgan fingerprint density at radius 1 is 1.03 bits per heavy atom. The lowest BCUT2D eigenvalue weighted by atomic mass is 10.0. The van der Waals surface area contributed by atoms with E-state index in [1.807, 2.05) is 0 Å². The van der Waals surface area contributed by atoms with Gasteiger partial charge >= 0.3 is 0 Å². The molecule has 9 nitrogen and oxygen atoms in total. The van der Waals surface area contributed by atoms with E-state index in [0.29, 0.717) is 50.5 Å². The maximum Gasteiger partial charge on any atom is 0.248 e. The van der Waals surface area contributed by atoms with E-state index in [0.717, 1.165) is 0 Å². The first-order chi connectivity index (χ1) is 17.3. The van der Waals surface area contributed by atoms with Gasteiger partial charge in [0.1, 0.15) is 23.6 Å². The molecule has 0 aliphatic carbocycles. The van der Waals surface area contributed by atoms with Crippen LogP contribution in [-0.2, 0) is 9.84 Å². The van der Waals surface area contributed by atoms with Crippen molar-refractivity contribution in [2.24, 2.45) is 5.73 Å². The molecule has 0 atom stereocenters. The molecule has 1 fully saturated rings. The highest BCUT2D eigenvalue weighted by Crippen LogP contribution is 2.38. The molecule has 36 heavy (non-hydrogen) atoms. The van der Waals surface area contributed by atoms with Crippen molar-refractivity contribution in [3.63, 3.8) is 0 Å². The van der Waals surface area contributed by atoms with Gasteiger partial charge in [-0.2, -0.15) is 5.10 Å². The van der Waals surface area contributed by atoms with Gasteiger partial charge in [-0.3, -0.25) is 9.48 Å². The van der Waals surface area contributed by atoms with Crippen molar-refractivity contribution >= 4 is 26.8 Å². The number of aromatic nitrogens is 4. The van der Waals surface area contributed by atoms with E-state index in [4.69, 9.17) is 10.2 Å². The van der Waals surface area contributed by atoms with Gasteiger partial charge in [-0.1, -0.05) is 12.1 Å². The largest absolute Gasteiger partial charge is 0.438 e. The molecule has 0 bridgehead atoms. The molecule has 5 aromatic rings. The van der Waals surface area contributed by atoms with Gasteiger partial charge in [-0.15, -0.1) is 0 Å². The molecule has 1 aliphatic rings. The maximum atomic E-state index is 13.6. The minimum atomic E-state index is -3.07. The van der Waals surface area contributed by atoms with E-state index in [9.17, 15) is 17.6 Å². The van der Waals surface area contributed by atoms with E-state index < -0.39 is 15.7 Å². The third-order valence-electron chi connectivity index (χ3n) is 6.13. The Balaban J connectivity index is 1.51. The van der Waals surface area contributed by atoms with E-state index in [1.54, 1.807) is 53.3 Å². The number of nitrogens with two attached hydrogens (primary N) is 1. The number of furan rings is 1. The van der Waals surface area contributed by atoms with Crippen LogP contribution < -0.4 is 5.73 Å². The number of benzene rings is 2. The summed E-state index contributed by atoms with van der Waals surface area (Å²) >= 11 is 0. The van der Waals surface area contributed by atoms with Gasteiger partial charge in [-0.25, -0.2) is 22.8 Å². The normalized spacial score (nSPS) is 15.1. The highest BCUT2D eigenvalue weighted by atomic mass is 32.2. The molecule has 2 N–H and O–H groups in total. The molecule has 0 radical (unpaired) electrons. The minimum Gasteiger partial charge on any atom is -0.438 e. The number of fused-ring (bicyclic) bond motifs is 1. The van der Waals surface area contributed by atoms with Crippen LogP contribution in [0, 0.1) is 5.82 Å². The summed E-state index contributed by atoms with van der Waals surface area (Å²) in [6.07, 6.45) is 3.12. The summed E-state index contributed by atoms with van der Waals surface area (Å²) in [5.41, 5.74) is 9.04. The Hall–Kier alpha value is -4.38. The second-order valence-corrected chi connectivity index (χ2v) is 10.8. The van der Waals surface area contributed by atoms with Crippen LogP contribution in [-0.4, -0.2) is 45.6 Å². The van der Waals surface area contributed by atoms with Gasteiger partial charge in [0.15, 0.2) is 9.84 Å². The van der Waals surface area contributed by atoms with Crippen molar-refractivity contribution in [3.05, 3.63) is 78.5 Å². The lowest BCUT2D eigenvalue weighted by molar-refractivity contribution is 0.100. The molecule has 0 spiro atoms. The number of primary amides is 1. The van der Waals surface area contributed by atoms with Crippen LogP contribution in [0.5, 0.6) is 0 Å². The van der Waals surface area contributed by atoms with E-state index >= 15 is 0 Å². The van der Waals surface area contributed by atoms with Crippen LogP contribution >= 0.6 is 0 Å². The molecule has 2 aromatic carbocycles. The van der Waals surface area contributed by atoms with Crippen molar-refractivity contribution in [3.8, 4) is 33.8 Å². The number of amides is 1. The highest BCUT2D eigenvalue weighted by Gasteiger charge is 2.36. The number of hydrogen-bond donors (Lipinski definition) is 1. The smallest absolute Gasteiger partial charge is 0.248 e. The molecule has 4 heterocycles. The average molecular weight is 504 g/mol. The van der Waals surface area contributed by atoms with E-state index in [-0.39, 0.29) is 23.4 Å². The lowest BCUT2D eigenvalue weighted by Crippen LogP contribution is -2.38. The first kappa shape index (κ1) is 22.1. The summed E-state index contributed by atoms with van der Waals surface area (Å²) in [6, 6.07) is 14.1. The summed E-state index contributed by atoms with van der Waals surface area (Å²) in [7, 11) is -3.07. The molecule has 0 saturated carbocycles. The summed E-state index contributed by atoms with van der Waals surface area (Å²) in [4.78, 5) is 20.4. The molecular formula is C25H18FN5O4S. The Morgan fingerprint density at radius 2 is 1.81 bits per heavy atom. The first-order valence-corrected chi connectivity index (χ1v) is 12.8. The molecular weight excluding hydrogens is 485 g/mol. The minimum absolute atomic E-state index is 0.00221. The zero-order chi connectivity index (χ0) is 25.0. The fourth-order valence-corrected chi connectivity index (χ4v) is 5.68. The Bertz CT molecular complexity index is 1750. The molecule has 1 aliphatic heterocycles. The van der Waals surface area contributed by atoms with E-state index in [1.165, 1.54) is 18.5 Å². The molecule has 11 heteroatoms. The van der Waals surface area contributed by atoms with E-state index in [2.05, 4.69) is 15.1 Å². The van der Waals surface area contributed by atoms with Crippen LogP contribution in [0.4, 0.5) is 4.39 Å². The number of sulfone groups is 1. The summed E-state index contributed by atoms with van der Waals surface area (Å²) in [5.74, 6) is -0.463. The SMILES string of the molecule is NC(=O)c1cccc(-c2cc3c(-c4cn(C5CS(=O)(=O)C5)nc4-c4ccc(F)cc4)ncnc3o2)c1. The molecule has 1 saturated heterocycles. The third kappa shape index (κ3) is 3.83. The molecule has 1 amide bonds. The Morgan fingerprint density at radius 3 is 2.53 bits per heavy atom. The lowest BCUT2D eigenvalue weighted by Gasteiger charge is -2.25. The van der Waals surface area contributed by atoms with Gasteiger partial charge in [-0.05, 0) is 42.5 Å². The number of carbonyl (C=O) groups excluding carboxylic acids is 1. The Labute approximate surface area is 204 Å². The van der Waals surface area contributed by atoms with Crippen molar-refractivity contribution in [2.75, 3.05) is 11.5 Å². The van der Waals surface area contributed by atoms with Gasteiger partial charge in [0.2, 0.25) is 11.6 Å². The molecule has 0 unspecified atom stereocenters. The number of hydrogen-bond acceptors (Lipinski definition) is 7. The highest BCUT2D eigenvalue weighted by molar-refractivity contribution is 7.92. The fraction of sp³-hybridized carbons (Fsp3) is 0.120.